The molecule has 0 spiro atoms. The topological polar surface area (TPSA) is 42.1 Å². The van der Waals surface area contributed by atoms with Gasteiger partial charge in [-0.2, -0.15) is 0 Å². The molecule has 2 aromatic rings. The van der Waals surface area contributed by atoms with E-state index in [0.717, 1.165) is 22.2 Å². The van der Waals surface area contributed by atoms with Crippen LogP contribution in [0.5, 0.6) is 0 Å². The second-order valence-electron chi connectivity index (χ2n) is 3.53. The third-order valence-electron chi connectivity index (χ3n) is 2.62. The number of fused-ring (bicyclic) bond motifs is 1. The molecule has 15 heavy (non-hydrogen) atoms. The number of carbonyl (C=O) groups excluding carboxylic acids is 1. The molecule has 1 heterocycles. The SMILES string of the molecule is COC(=O)Cc1[nH]c2ccccc2c1C. The molecule has 0 aliphatic rings. The highest BCUT2D eigenvalue weighted by atomic mass is 16.5. The summed E-state index contributed by atoms with van der Waals surface area (Å²) < 4.78 is 4.65. The molecule has 0 atom stereocenters. The number of aryl methyl sites for hydroxylation is 1. The number of H-pyrrole nitrogens is 1. The van der Waals surface area contributed by atoms with E-state index in [1.165, 1.54) is 7.11 Å². The third-order valence-corrected chi connectivity index (χ3v) is 2.62. The Kier molecular flexibility index (Phi) is 2.46. The van der Waals surface area contributed by atoms with E-state index in [0.29, 0.717) is 6.42 Å². The molecule has 0 unspecified atom stereocenters. The minimum atomic E-state index is -0.218. The van der Waals surface area contributed by atoms with Gasteiger partial charge in [0.1, 0.15) is 0 Å². The monoisotopic (exact) mass is 203 g/mol. The second-order valence-corrected chi connectivity index (χ2v) is 3.53. The van der Waals surface area contributed by atoms with E-state index in [1.54, 1.807) is 0 Å². The molecular weight excluding hydrogens is 190 g/mol. The second kappa shape index (κ2) is 3.77. The Morgan fingerprint density at radius 1 is 1.40 bits per heavy atom. The number of aromatic nitrogens is 1. The summed E-state index contributed by atoms with van der Waals surface area (Å²) in [7, 11) is 1.40. The molecule has 0 fully saturated rings. The number of methoxy groups -OCH3 is 1. The molecule has 0 saturated carbocycles. The van der Waals surface area contributed by atoms with E-state index in [4.69, 9.17) is 0 Å². The number of para-hydroxylation sites is 1. The van der Waals surface area contributed by atoms with Crippen molar-refractivity contribution in [2.24, 2.45) is 0 Å². The molecule has 0 bridgehead atoms. The Bertz CT molecular complexity index is 499. The van der Waals surface area contributed by atoms with Crippen LogP contribution in [0.25, 0.3) is 10.9 Å². The van der Waals surface area contributed by atoms with Gasteiger partial charge in [0.25, 0.3) is 0 Å². The van der Waals surface area contributed by atoms with E-state index in [9.17, 15) is 4.79 Å². The number of benzene rings is 1. The van der Waals surface area contributed by atoms with Crippen LogP contribution in [0, 0.1) is 6.92 Å². The van der Waals surface area contributed by atoms with Crippen LogP contribution in [0.1, 0.15) is 11.3 Å². The van der Waals surface area contributed by atoms with Gasteiger partial charge in [-0.1, -0.05) is 18.2 Å². The molecule has 2 rings (SSSR count). The molecule has 0 aliphatic carbocycles. The van der Waals surface area contributed by atoms with Crippen LogP contribution < -0.4 is 0 Å². The number of hydrogen-bond donors (Lipinski definition) is 1. The summed E-state index contributed by atoms with van der Waals surface area (Å²) >= 11 is 0. The Morgan fingerprint density at radius 3 is 2.80 bits per heavy atom. The van der Waals surface area contributed by atoms with Crippen molar-refractivity contribution < 1.29 is 9.53 Å². The number of nitrogens with one attached hydrogen (secondary N) is 1. The van der Waals surface area contributed by atoms with Gasteiger partial charge in [-0.05, 0) is 18.6 Å². The normalized spacial score (nSPS) is 10.5. The lowest BCUT2D eigenvalue weighted by Crippen LogP contribution is -2.05. The van der Waals surface area contributed by atoms with Gasteiger partial charge in [0.2, 0.25) is 0 Å². The van der Waals surface area contributed by atoms with Crippen molar-refractivity contribution in [1.82, 2.24) is 4.98 Å². The summed E-state index contributed by atoms with van der Waals surface area (Å²) in [5.74, 6) is -0.218. The highest BCUT2D eigenvalue weighted by Crippen LogP contribution is 2.21. The van der Waals surface area contributed by atoms with Crippen molar-refractivity contribution >= 4 is 16.9 Å². The Morgan fingerprint density at radius 2 is 2.13 bits per heavy atom. The van der Waals surface area contributed by atoms with Crippen molar-refractivity contribution in [3.63, 3.8) is 0 Å². The first-order chi connectivity index (χ1) is 7.22. The average molecular weight is 203 g/mol. The molecule has 78 valence electrons. The predicted octanol–water partition coefficient (Wildman–Crippen LogP) is 2.19. The Labute approximate surface area is 88.1 Å². The number of aromatic amines is 1. The van der Waals surface area contributed by atoms with Gasteiger partial charge < -0.3 is 9.72 Å². The van der Waals surface area contributed by atoms with E-state index in [2.05, 4.69) is 9.72 Å². The van der Waals surface area contributed by atoms with Crippen molar-refractivity contribution in [2.45, 2.75) is 13.3 Å². The minimum Gasteiger partial charge on any atom is -0.469 e. The molecule has 1 N–H and O–H groups in total. The number of hydrogen-bond acceptors (Lipinski definition) is 2. The highest BCUT2D eigenvalue weighted by Gasteiger charge is 2.10. The lowest BCUT2D eigenvalue weighted by Gasteiger charge is -1.97. The zero-order chi connectivity index (χ0) is 10.8. The maximum Gasteiger partial charge on any atom is 0.311 e. The smallest absolute Gasteiger partial charge is 0.311 e. The van der Waals surface area contributed by atoms with Gasteiger partial charge in [0.15, 0.2) is 0 Å². The first-order valence-corrected chi connectivity index (χ1v) is 4.85. The van der Waals surface area contributed by atoms with Crippen molar-refractivity contribution in [1.29, 1.82) is 0 Å². The van der Waals surface area contributed by atoms with Crippen LogP contribution >= 0.6 is 0 Å². The fourth-order valence-electron chi connectivity index (χ4n) is 1.73. The van der Waals surface area contributed by atoms with Crippen LogP contribution in [-0.4, -0.2) is 18.1 Å². The van der Waals surface area contributed by atoms with Gasteiger partial charge in [0, 0.05) is 16.6 Å². The van der Waals surface area contributed by atoms with Crippen molar-refractivity contribution in [3.05, 3.63) is 35.5 Å². The third kappa shape index (κ3) is 1.73. The fraction of sp³-hybridized carbons (Fsp3) is 0.250. The molecule has 3 heteroatoms. The maximum absolute atomic E-state index is 11.2. The van der Waals surface area contributed by atoms with Gasteiger partial charge in [-0.25, -0.2) is 0 Å². The van der Waals surface area contributed by atoms with Gasteiger partial charge in [-0.3, -0.25) is 4.79 Å². The zero-order valence-electron chi connectivity index (χ0n) is 8.83. The van der Waals surface area contributed by atoms with Crippen LogP contribution in [0.15, 0.2) is 24.3 Å². The fourth-order valence-corrected chi connectivity index (χ4v) is 1.73. The summed E-state index contributed by atoms with van der Waals surface area (Å²) in [6.07, 6.45) is 0.303. The zero-order valence-corrected chi connectivity index (χ0v) is 8.83. The summed E-state index contributed by atoms with van der Waals surface area (Å²) in [5, 5.41) is 1.16. The molecule has 0 aliphatic heterocycles. The molecule has 1 aromatic heterocycles. The van der Waals surface area contributed by atoms with E-state index >= 15 is 0 Å². The first-order valence-electron chi connectivity index (χ1n) is 4.85. The predicted molar refractivity (Wildman–Crippen MR) is 58.8 cm³/mol. The lowest BCUT2D eigenvalue weighted by atomic mass is 10.1. The van der Waals surface area contributed by atoms with E-state index in [-0.39, 0.29) is 5.97 Å². The van der Waals surface area contributed by atoms with E-state index < -0.39 is 0 Å². The largest absolute Gasteiger partial charge is 0.469 e. The van der Waals surface area contributed by atoms with Crippen molar-refractivity contribution in [3.8, 4) is 0 Å². The number of ether oxygens (including phenoxy) is 1. The average Bonchev–Trinajstić information content (AvgIpc) is 2.57. The van der Waals surface area contributed by atoms with E-state index in [1.807, 2.05) is 31.2 Å². The van der Waals surface area contributed by atoms with Crippen LogP contribution in [0.3, 0.4) is 0 Å². The minimum absolute atomic E-state index is 0.218. The number of carbonyl (C=O) groups is 1. The van der Waals surface area contributed by atoms with Crippen LogP contribution in [0.2, 0.25) is 0 Å². The molecule has 1 aromatic carbocycles. The Balaban J connectivity index is 2.44. The van der Waals surface area contributed by atoms with Crippen LogP contribution in [0.4, 0.5) is 0 Å². The Hall–Kier alpha value is -1.77. The molecular formula is C12H13NO2. The summed E-state index contributed by atoms with van der Waals surface area (Å²) in [4.78, 5) is 14.4. The highest BCUT2D eigenvalue weighted by molar-refractivity contribution is 5.86. The standard InChI is InChI=1S/C12H13NO2/c1-8-9-5-3-4-6-10(9)13-11(8)7-12(14)15-2/h3-6,13H,7H2,1-2H3. The molecule has 0 radical (unpaired) electrons. The van der Waals surface area contributed by atoms with Gasteiger partial charge >= 0.3 is 5.97 Å². The maximum atomic E-state index is 11.2. The molecule has 0 saturated heterocycles. The van der Waals surface area contributed by atoms with Gasteiger partial charge in [0.05, 0.1) is 13.5 Å². The number of esters is 1. The lowest BCUT2D eigenvalue weighted by molar-refractivity contribution is -0.139. The summed E-state index contributed by atoms with van der Waals surface area (Å²) in [6, 6.07) is 8.01. The summed E-state index contributed by atoms with van der Waals surface area (Å²) in [6.45, 7) is 2.01. The molecule has 0 amide bonds. The molecule has 3 nitrogen and oxygen atoms in total. The van der Waals surface area contributed by atoms with Crippen molar-refractivity contribution in [2.75, 3.05) is 7.11 Å². The van der Waals surface area contributed by atoms with Crippen LogP contribution in [-0.2, 0) is 16.0 Å². The first kappa shape index (κ1) is 9.77. The quantitative estimate of drug-likeness (QED) is 0.760. The van der Waals surface area contributed by atoms with Gasteiger partial charge in [-0.15, -0.1) is 0 Å². The summed E-state index contributed by atoms with van der Waals surface area (Å²) in [5.41, 5.74) is 3.12. The number of rotatable bonds is 2.